The van der Waals surface area contributed by atoms with Gasteiger partial charge in [-0.3, -0.25) is 24.7 Å². The Bertz CT molecular complexity index is 1700. The van der Waals surface area contributed by atoms with E-state index in [4.69, 9.17) is 4.74 Å². The number of carbonyl (C=O) groups is 4. The zero-order chi connectivity index (χ0) is 33.2. The number of carbonyl (C=O) groups excluding carboxylic acids is 3. The molecule has 11 nitrogen and oxygen atoms in total. The number of nitrogens with zero attached hydrogens (tertiary/aromatic N) is 3. The Morgan fingerprint density at radius 1 is 0.894 bits per heavy atom. The summed E-state index contributed by atoms with van der Waals surface area (Å²) in [5.74, 6) is -1.64. The Morgan fingerprint density at radius 3 is 2.40 bits per heavy atom. The van der Waals surface area contributed by atoms with Crippen LogP contribution in [0.5, 0.6) is 0 Å². The van der Waals surface area contributed by atoms with E-state index in [9.17, 15) is 24.3 Å². The third-order valence-corrected chi connectivity index (χ3v) is 7.90. The van der Waals surface area contributed by atoms with Crippen LogP contribution in [0, 0.1) is 6.92 Å². The molecule has 1 atom stereocenters. The molecule has 5 rings (SSSR count). The number of aromatic nitrogens is 1. The van der Waals surface area contributed by atoms with Crippen molar-refractivity contribution in [2.75, 3.05) is 36.4 Å². The quantitative estimate of drug-likeness (QED) is 0.209. The van der Waals surface area contributed by atoms with Gasteiger partial charge in [-0.2, -0.15) is 0 Å². The minimum atomic E-state index is -1.05. The fraction of sp³-hybridized carbons (Fsp3) is 0.250. The maximum atomic E-state index is 13.5. The highest BCUT2D eigenvalue weighted by molar-refractivity contribution is 5.99. The largest absolute Gasteiger partial charge is 0.481 e. The minimum Gasteiger partial charge on any atom is -0.481 e. The van der Waals surface area contributed by atoms with Crippen molar-refractivity contribution in [1.29, 1.82) is 0 Å². The summed E-state index contributed by atoms with van der Waals surface area (Å²) >= 11 is 0. The van der Waals surface area contributed by atoms with Crippen LogP contribution in [-0.2, 0) is 16.1 Å². The van der Waals surface area contributed by atoms with Crippen LogP contribution in [0.15, 0.2) is 97.3 Å². The van der Waals surface area contributed by atoms with E-state index in [0.717, 1.165) is 11.1 Å². The lowest BCUT2D eigenvalue weighted by Crippen LogP contribution is -2.35. The van der Waals surface area contributed by atoms with Crippen LogP contribution in [0.3, 0.4) is 0 Å². The molecule has 0 radical (unpaired) electrons. The van der Waals surface area contributed by atoms with Gasteiger partial charge in [-0.25, -0.2) is 4.79 Å². The van der Waals surface area contributed by atoms with Gasteiger partial charge in [0.1, 0.15) is 6.61 Å². The summed E-state index contributed by atoms with van der Waals surface area (Å²) in [7, 11) is 0. The number of carboxylic acid groups (broad SMARTS) is 1. The fourth-order valence-electron chi connectivity index (χ4n) is 5.42. The van der Waals surface area contributed by atoms with Crippen molar-refractivity contribution in [3.63, 3.8) is 0 Å². The lowest BCUT2D eigenvalue weighted by molar-refractivity contribution is -0.137. The average molecular weight is 636 g/mol. The number of aliphatic carboxylic acids is 1. The zero-order valence-electron chi connectivity index (χ0n) is 26.1. The van der Waals surface area contributed by atoms with Gasteiger partial charge in [0, 0.05) is 44.1 Å². The first-order valence-electron chi connectivity index (χ1n) is 15.4. The van der Waals surface area contributed by atoms with E-state index in [1.807, 2.05) is 49.4 Å². The van der Waals surface area contributed by atoms with Crippen molar-refractivity contribution in [1.82, 2.24) is 15.2 Å². The fourth-order valence-corrected chi connectivity index (χ4v) is 5.42. The minimum absolute atomic E-state index is 0.0602. The first kappa shape index (κ1) is 32.7. The molecule has 4 aromatic rings. The molecule has 11 heteroatoms. The summed E-state index contributed by atoms with van der Waals surface area (Å²) in [6.07, 6.45) is 2.86. The van der Waals surface area contributed by atoms with Gasteiger partial charge in [-0.05, 0) is 54.8 Å². The van der Waals surface area contributed by atoms with Crippen molar-refractivity contribution >= 4 is 35.3 Å². The topological polar surface area (TPSA) is 141 Å². The van der Waals surface area contributed by atoms with Crippen molar-refractivity contribution in [3.8, 4) is 0 Å². The summed E-state index contributed by atoms with van der Waals surface area (Å²) < 4.78 is 5.48. The molecule has 1 aromatic heterocycles. The molecular formula is C36H37N5O6. The van der Waals surface area contributed by atoms with Crippen LogP contribution < -0.4 is 15.5 Å². The van der Waals surface area contributed by atoms with E-state index in [-0.39, 0.29) is 24.5 Å². The lowest BCUT2D eigenvalue weighted by atomic mass is 10.0. The normalized spacial score (nSPS) is 13.6. The molecule has 1 aliphatic heterocycles. The summed E-state index contributed by atoms with van der Waals surface area (Å²) in [4.78, 5) is 59.2. The number of amides is 3. The Balaban J connectivity index is 1.37. The number of nitrogens with one attached hydrogen (secondary N) is 2. The molecule has 0 bridgehead atoms. The summed E-state index contributed by atoms with van der Waals surface area (Å²) in [5, 5.41) is 15.2. The Kier molecular flexibility index (Phi) is 10.8. The number of ether oxygens (including phenoxy) is 1. The van der Waals surface area contributed by atoms with Gasteiger partial charge < -0.3 is 25.0 Å². The highest BCUT2D eigenvalue weighted by Gasteiger charge is 2.24. The number of carboxylic acids is 1. The number of rotatable bonds is 10. The SMILES string of the molecule is Cc1ccc(C(CC(=O)O)NC(=O)c2ccc(N3CCCN(C(=O)c4cccnc4)CC3)c(NC(=O)OCc3ccccc3)c2)cc1. The highest BCUT2D eigenvalue weighted by atomic mass is 16.5. The van der Waals surface area contributed by atoms with Crippen LogP contribution >= 0.6 is 0 Å². The Labute approximate surface area is 273 Å². The summed E-state index contributed by atoms with van der Waals surface area (Å²) in [6.45, 7) is 4.07. The number of hydrogen-bond acceptors (Lipinski definition) is 7. The molecule has 0 aliphatic carbocycles. The third kappa shape index (κ3) is 8.94. The van der Waals surface area contributed by atoms with Gasteiger partial charge in [-0.15, -0.1) is 0 Å². The van der Waals surface area contributed by atoms with E-state index < -0.39 is 24.0 Å². The zero-order valence-corrected chi connectivity index (χ0v) is 26.1. The standard InChI is InChI=1S/C36H37N5O6/c1-25-10-12-27(13-11-25)30(22-33(42)43)38-34(44)28-14-15-32(31(21-28)39-36(46)47-24-26-7-3-2-4-8-26)40-17-6-18-41(20-19-40)35(45)29-9-5-16-37-23-29/h2-5,7-16,21,23,30H,6,17-20,22,24H2,1H3,(H,38,44)(H,39,46)(H,42,43). The van der Waals surface area contributed by atoms with Crippen LogP contribution in [0.4, 0.5) is 16.2 Å². The maximum absolute atomic E-state index is 13.5. The molecule has 1 saturated heterocycles. The molecule has 3 N–H and O–H groups in total. The average Bonchev–Trinajstić information content (AvgIpc) is 3.34. The first-order valence-corrected chi connectivity index (χ1v) is 15.4. The number of anilines is 2. The molecule has 242 valence electrons. The first-order chi connectivity index (χ1) is 22.8. The number of aryl methyl sites for hydroxylation is 1. The molecule has 0 spiro atoms. The van der Waals surface area contributed by atoms with Crippen molar-refractivity contribution < 1.29 is 29.0 Å². The Morgan fingerprint density at radius 2 is 1.68 bits per heavy atom. The van der Waals surface area contributed by atoms with Gasteiger partial charge in [0.05, 0.1) is 29.4 Å². The molecule has 1 aliphatic rings. The number of pyridine rings is 1. The molecule has 1 unspecified atom stereocenters. The molecule has 47 heavy (non-hydrogen) atoms. The highest BCUT2D eigenvalue weighted by Crippen LogP contribution is 2.30. The maximum Gasteiger partial charge on any atom is 0.412 e. The molecular weight excluding hydrogens is 598 g/mol. The predicted molar refractivity (Wildman–Crippen MR) is 177 cm³/mol. The second-order valence-corrected chi connectivity index (χ2v) is 11.3. The summed E-state index contributed by atoms with van der Waals surface area (Å²) in [6, 6.07) is 24.3. The third-order valence-electron chi connectivity index (χ3n) is 7.90. The molecule has 0 saturated carbocycles. The van der Waals surface area contributed by atoms with Crippen molar-refractivity contribution in [2.45, 2.75) is 32.4 Å². The number of benzene rings is 3. The monoisotopic (exact) mass is 635 g/mol. The van der Waals surface area contributed by atoms with Gasteiger partial charge >= 0.3 is 12.1 Å². The van der Waals surface area contributed by atoms with Gasteiger partial charge in [0.25, 0.3) is 11.8 Å². The smallest absolute Gasteiger partial charge is 0.412 e. The van der Waals surface area contributed by atoms with E-state index >= 15 is 0 Å². The van der Waals surface area contributed by atoms with E-state index in [0.29, 0.717) is 55.1 Å². The Hall–Kier alpha value is -5.71. The van der Waals surface area contributed by atoms with Crippen LogP contribution in [0.1, 0.15) is 56.3 Å². The van der Waals surface area contributed by atoms with E-state index in [1.54, 1.807) is 59.8 Å². The second kappa shape index (κ2) is 15.5. The molecule has 2 heterocycles. The van der Waals surface area contributed by atoms with Crippen LogP contribution in [0.2, 0.25) is 0 Å². The second-order valence-electron chi connectivity index (χ2n) is 11.3. The molecule has 1 fully saturated rings. The van der Waals surface area contributed by atoms with E-state index in [1.165, 1.54) is 0 Å². The van der Waals surface area contributed by atoms with E-state index in [2.05, 4.69) is 20.5 Å². The molecule has 3 amide bonds. The molecule has 3 aromatic carbocycles. The van der Waals surface area contributed by atoms with Gasteiger partial charge in [0.15, 0.2) is 0 Å². The van der Waals surface area contributed by atoms with Crippen LogP contribution in [-0.4, -0.2) is 65.0 Å². The van der Waals surface area contributed by atoms with Crippen LogP contribution in [0.25, 0.3) is 0 Å². The van der Waals surface area contributed by atoms with Gasteiger partial charge in [0.2, 0.25) is 0 Å². The summed E-state index contributed by atoms with van der Waals surface area (Å²) in [5.41, 5.74) is 4.27. The lowest BCUT2D eigenvalue weighted by Gasteiger charge is -2.26. The number of hydrogen-bond donors (Lipinski definition) is 3. The van der Waals surface area contributed by atoms with Gasteiger partial charge in [-0.1, -0.05) is 60.2 Å². The van der Waals surface area contributed by atoms with Crippen molar-refractivity contribution in [2.24, 2.45) is 0 Å². The predicted octanol–water partition coefficient (Wildman–Crippen LogP) is 5.44. The van der Waals surface area contributed by atoms with Crippen molar-refractivity contribution in [3.05, 3.63) is 125 Å².